The third kappa shape index (κ3) is 1.79. The van der Waals surface area contributed by atoms with Gasteiger partial charge < -0.3 is 5.73 Å². The Labute approximate surface area is 113 Å². The zero-order valence-corrected chi connectivity index (χ0v) is 11.9. The van der Waals surface area contributed by atoms with Gasteiger partial charge in [-0.1, -0.05) is 6.92 Å². The normalized spacial score (nSPS) is 11.2. The molecule has 3 nitrogen and oxygen atoms in total. The van der Waals surface area contributed by atoms with Crippen molar-refractivity contribution in [1.82, 2.24) is 9.97 Å². The summed E-state index contributed by atoms with van der Waals surface area (Å²) in [4.78, 5) is 11.4. The van der Waals surface area contributed by atoms with Gasteiger partial charge in [-0.2, -0.15) is 11.3 Å². The quantitative estimate of drug-likeness (QED) is 0.772. The van der Waals surface area contributed by atoms with Crippen molar-refractivity contribution in [2.45, 2.75) is 20.3 Å². The first-order valence-electron chi connectivity index (χ1n) is 5.78. The Balaban J connectivity index is 2.23. The minimum absolute atomic E-state index is 0.580. The van der Waals surface area contributed by atoms with Gasteiger partial charge in [0.2, 0.25) is 0 Å². The second-order valence-corrected chi connectivity index (χ2v) is 6.04. The number of nitrogens with zero attached hydrogens (tertiary/aromatic N) is 2. The molecule has 0 saturated heterocycles. The van der Waals surface area contributed by atoms with E-state index < -0.39 is 0 Å². The van der Waals surface area contributed by atoms with Crippen LogP contribution >= 0.6 is 22.7 Å². The third-order valence-corrected chi connectivity index (χ3v) is 4.95. The van der Waals surface area contributed by atoms with Crippen LogP contribution in [0.15, 0.2) is 16.8 Å². The molecular weight excluding hydrogens is 262 g/mol. The molecule has 0 amide bonds. The lowest BCUT2D eigenvalue weighted by molar-refractivity contribution is 1.19. The Morgan fingerprint density at radius 2 is 2.11 bits per heavy atom. The number of anilines is 1. The van der Waals surface area contributed by atoms with Gasteiger partial charge in [0.25, 0.3) is 0 Å². The molecule has 0 aliphatic rings. The van der Waals surface area contributed by atoms with Crippen LogP contribution in [-0.4, -0.2) is 9.97 Å². The molecular formula is C13H13N3S2. The van der Waals surface area contributed by atoms with E-state index in [2.05, 4.69) is 40.6 Å². The lowest BCUT2D eigenvalue weighted by Gasteiger charge is -2.01. The number of hydrogen-bond donors (Lipinski definition) is 1. The van der Waals surface area contributed by atoms with Crippen LogP contribution < -0.4 is 5.73 Å². The van der Waals surface area contributed by atoms with Gasteiger partial charge in [0.05, 0.1) is 5.39 Å². The van der Waals surface area contributed by atoms with E-state index in [0.717, 1.165) is 28.0 Å². The van der Waals surface area contributed by atoms with Gasteiger partial charge >= 0.3 is 0 Å². The average molecular weight is 275 g/mol. The van der Waals surface area contributed by atoms with Crippen molar-refractivity contribution in [1.29, 1.82) is 0 Å². The van der Waals surface area contributed by atoms with Crippen LogP contribution in [0.3, 0.4) is 0 Å². The Morgan fingerprint density at radius 1 is 1.28 bits per heavy atom. The molecule has 0 saturated carbocycles. The molecule has 0 unspecified atom stereocenters. The highest BCUT2D eigenvalue weighted by Gasteiger charge is 2.12. The number of aryl methyl sites for hydroxylation is 2. The smallest absolute Gasteiger partial charge is 0.164 e. The van der Waals surface area contributed by atoms with Gasteiger partial charge in [-0.15, -0.1) is 11.3 Å². The molecule has 2 N–H and O–H groups in total. The van der Waals surface area contributed by atoms with Gasteiger partial charge in [-0.25, -0.2) is 9.97 Å². The van der Waals surface area contributed by atoms with E-state index in [1.54, 1.807) is 22.7 Å². The van der Waals surface area contributed by atoms with E-state index in [4.69, 9.17) is 5.73 Å². The summed E-state index contributed by atoms with van der Waals surface area (Å²) >= 11 is 3.37. The number of hydrogen-bond acceptors (Lipinski definition) is 5. The Kier molecular flexibility index (Phi) is 2.80. The first kappa shape index (κ1) is 11.6. The maximum atomic E-state index is 6.04. The standard InChI is InChI=1S/C13H13N3S2/c1-3-8-4-9-11(14)15-12(16-13(9)18-8)10-6-17-5-7(10)2/h4-6H,3H2,1-2H3,(H2,14,15,16). The van der Waals surface area contributed by atoms with Gasteiger partial charge in [-0.3, -0.25) is 0 Å². The van der Waals surface area contributed by atoms with Crippen molar-refractivity contribution in [2.75, 3.05) is 5.73 Å². The van der Waals surface area contributed by atoms with Crippen LogP contribution in [0.1, 0.15) is 17.4 Å². The maximum Gasteiger partial charge on any atom is 0.164 e. The average Bonchev–Trinajstić information content (AvgIpc) is 2.94. The molecule has 3 rings (SSSR count). The molecule has 18 heavy (non-hydrogen) atoms. The van der Waals surface area contributed by atoms with Crippen LogP contribution in [0.2, 0.25) is 0 Å². The number of thiophene rings is 2. The summed E-state index contributed by atoms with van der Waals surface area (Å²) in [6.07, 6.45) is 1.01. The molecule has 0 aliphatic carbocycles. The second-order valence-electron chi connectivity index (χ2n) is 4.19. The number of nitrogen functional groups attached to an aromatic ring is 1. The summed E-state index contributed by atoms with van der Waals surface area (Å²) in [7, 11) is 0. The largest absolute Gasteiger partial charge is 0.383 e. The van der Waals surface area contributed by atoms with E-state index in [0.29, 0.717) is 5.82 Å². The summed E-state index contributed by atoms with van der Waals surface area (Å²) in [6.45, 7) is 4.21. The Hall–Kier alpha value is -1.46. The Morgan fingerprint density at radius 3 is 2.78 bits per heavy atom. The summed E-state index contributed by atoms with van der Waals surface area (Å²) in [5.41, 5.74) is 8.32. The highest BCUT2D eigenvalue weighted by Crippen LogP contribution is 2.31. The topological polar surface area (TPSA) is 51.8 Å². The number of rotatable bonds is 2. The number of fused-ring (bicyclic) bond motifs is 1. The molecule has 92 valence electrons. The van der Waals surface area contributed by atoms with Gasteiger partial charge in [-0.05, 0) is 30.4 Å². The molecule has 0 radical (unpaired) electrons. The zero-order chi connectivity index (χ0) is 12.7. The van der Waals surface area contributed by atoms with Gasteiger partial charge in [0, 0.05) is 15.8 Å². The molecule has 3 aromatic heterocycles. The summed E-state index contributed by atoms with van der Waals surface area (Å²) in [5, 5.41) is 5.16. The third-order valence-electron chi connectivity index (χ3n) is 2.92. The fraction of sp³-hybridized carbons (Fsp3) is 0.231. The molecule has 0 bridgehead atoms. The first-order chi connectivity index (χ1) is 8.69. The molecule has 0 atom stereocenters. The van der Waals surface area contributed by atoms with E-state index in [9.17, 15) is 0 Å². The highest BCUT2D eigenvalue weighted by molar-refractivity contribution is 7.18. The molecule has 5 heteroatoms. The van der Waals surface area contributed by atoms with Crippen LogP contribution in [0.25, 0.3) is 21.6 Å². The molecule has 3 aromatic rings. The predicted molar refractivity (Wildman–Crippen MR) is 79.3 cm³/mol. The van der Waals surface area contributed by atoms with Crippen molar-refractivity contribution < 1.29 is 0 Å². The second kappa shape index (κ2) is 4.33. The molecule has 3 heterocycles. The summed E-state index contributed by atoms with van der Waals surface area (Å²) in [6, 6.07) is 2.10. The van der Waals surface area contributed by atoms with Crippen LogP contribution in [0.5, 0.6) is 0 Å². The molecule has 0 aliphatic heterocycles. The minimum Gasteiger partial charge on any atom is -0.383 e. The van der Waals surface area contributed by atoms with Gasteiger partial charge in [0.15, 0.2) is 5.82 Å². The predicted octanol–water partition coefficient (Wildman–Crippen LogP) is 3.87. The van der Waals surface area contributed by atoms with Crippen LogP contribution in [0.4, 0.5) is 5.82 Å². The maximum absolute atomic E-state index is 6.04. The van der Waals surface area contributed by atoms with E-state index in [1.165, 1.54) is 10.4 Å². The fourth-order valence-electron chi connectivity index (χ4n) is 1.88. The number of nitrogens with two attached hydrogens (primary N) is 1. The van der Waals surface area contributed by atoms with Crippen molar-refractivity contribution >= 4 is 38.7 Å². The van der Waals surface area contributed by atoms with E-state index in [1.807, 2.05) is 0 Å². The van der Waals surface area contributed by atoms with Crippen molar-refractivity contribution in [3.8, 4) is 11.4 Å². The van der Waals surface area contributed by atoms with Gasteiger partial charge in [0.1, 0.15) is 10.6 Å². The molecule has 0 fully saturated rings. The van der Waals surface area contributed by atoms with Crippen molar-refractivity contribution in [3.05, 3.63) is 27.3 Å². The zero-order valence-electron chi connectivity index (χ0n) is 10.2. The monoisotopic (exact) mass is 275 g/mol. The van der Waals surface area contributed by atoms with Crippen LogP contribution in [-0.2, 0) is 6.42 Å². The van der Waals surface area contributed by atoms with Crippen molar-refractivity contribution in [3.63, 3.8) is 0 Å². The lowest BCUT2D eigenvalue weighted by atomic mass is 10.2. The van der Waals surface area contributed by atoms with E-state index >= 15 is 0 Å². The lowest BCUT2D eigenvalue weighted by Crippen LogP contribution is -1.96. The summed E-state index contributed by atoms with van der Waals surface area (Å²) in [5.74, 6) is 1.32. The molecule has 0 spiro atoms. The summed E-state index contributed by atoms with van der Waals surface area (Å²) < 4.78 is 0. The first-order valence-corrected chi connectivity index (χ1v) is 7.54. The molecule has 0 aromatic carbocycles. The fourth-order valence-corrected chi connectivity index (χ4v) is 3.68. The SMILES string of the molecule is CCc1cc2c(N)nc(-c3cscc3C)nc2s1. The minimum atomic E-state index is 0.580. The van der Waals surface area contributed by atoms with E-state index in [-0.39, 0.29) is 0 Å². The van der Waals surface area contributed by atoms with Crippen molar-refractivity contribution in [2.24, 2.45) is 0 Å². The number of aromatic nitrogens is 2. The van der Waals surface area contributed by atoms with Crippen LogP contribution in [0, 0.1) is 6.92 Å². The highest BCUT2D eigenvalue weighted by atomic mass is 32.1. The Bertz CT molecular complexity index is 712.